The summed E-state index contributed by atoms with van der Waals surface area (Å²) < 4.78 is 0. The van der Waals surface area contributed by atoms with Crippen LogP contribution in [0.25, 0.3) is 0 Å². The van der Waals surface area contributed by atoms with Crippen molar-refractivity contribution in [2.45, 2.75) is 71.9 Å². The van der Waals surface area contributed by atoms with Crippen LogP contribution in [0.2, 0.25) is 0 Å². The largest absolute Gasteiger partial charge is 0.480 e. The van der Waals surface area contributed by atoms with Gasteiger partial charge in [0.15, 0.2) is 0 Å². The average Bonchev–Trinajstić information content (AvgIpc) is 2.50. The SMILES string of the molecule is CCC(=O)CC(NC(=O)NCC1(C)CC(N=C=O)CC(C)(C)C1)C(=O)O. The molecule has 8 heteroatoms. The van der Waals surface area contributed by atoms with Crippen LogP contribution in [0.3, 0.4) is 0 Å². The van der Waals surface area contributed by atoms with Gasteiger partial charge in [0.1, 0.15) is 11.8 Å². The summed E-state index contributed by atoms with van der Waals surface area (Å²) in [5, 5.41) is 14.2. The van der Waals surface area contributed by atoms with Gasteiger partial charge in [0.25, 0.3) is 0 Å². The number of ketones is 1. The number of aliphatic imine (C=N–C) groups is 1. The van der Waals surface area contributed by atoms with Crippen molar-refractivity contribution in [2.75, 3.05) is 6.54 Å². The highest BCUT2D eigenvalue weighted by Gasteiger charge is 2.41. The smallest absolute Gasteiger partial charge is 0.326 e. The van der Waals surface area contributed by atoms with Crippen LogP contribution in [-0.4, -0.2) is 47.6 Å². The molecule has 1 rings (SSSR count). The van der Waals surface area contributed by atoms with E-state index in [0.29, 0.717) is 13.0 Å². The zero-order valence-electron chi connectivity index (χ0n) is 15.9. The summed E-state index contributed by atoms with van der Waals surface area (Å²) in [7, 11) is 0. The maximum absolute atomic E-state index is 12.1. The van der Waals surface area contributed by atoms with E-state index in [0.717, 1.165) is 12.8 Å². The molecule has 0 heterocycles. The first-order valence-corrected chi connectivity index (χ1v) is 8.86. The highest BCUT2D eigenvalue weighted by Crippen LogP contribution is 2.46. The van der Waals surface area contributed by atoms with Crippen molar-refractivity contribution in [2.24, 2.45) is 15.8 Å². The quantitative estimate of drug-likeness (QED) is 0.447. The van der Waals surface area contributed by atoms with Crippen LogP contribution < -0.4 is 10.6 Å². The Bertz CT molecular complexity index is 598. The van der Waals surface area contributed by atoms with Crippen LogP contribution in [0.4, 0.5) is 4.79 Å². The Hall–Kier alpha value is -2.21. The standard InChI is InChI=1S/C18H29N3O5/c1-5-13(23)6-14(15(24)25)21-16(26)19-10-18(4)8-12(20-11-22)7-17(2,3)9-18/h12,14H,5-10H2,1-4H3,(H,24,25)(H2,19,21,26). The van der Waals surface area contributed by atoms with E-state index in [-0.39, 0.29) is 35.5 Å². The van der Waals surface area contributed by atoms with Crippen molar-refractivity contribution in [3.63, 3.8) is 0 Å². The molecule has 0 radical (unpaired) electrons. The summed E-state index contributed by atoms with van der Waals surface area (Å²) in [5.41, 5.74) is -0.310. The molecule has 1 aliphatic carbocycles. The Balaban J connectivity index is 2.67. The third-order valence-electron chi connectivity index (χ3n) is 4.76. The first-order chi connectivity index (χ1) is 12.0. The fraction of sp³-hybridized carbons (Fsp3) is 0.778. The molecule has 146 valence electrons. The minimum Gasteiger partial charge on any atom is -0.480 e. The van der Waals surface area contributed by atoms with Gasteiger partial charge in [0.05, 0.1) is 6.04 Å². The van der Waals surface area contributed by atoms with E-state index in [4.69, 9.17) is 5.11 Å². The van der Waals surface area contributed by atoms with Crippen molar-refractivity contribution in [3.05, 3.63) is 0 Å². The Morgan fingerprint density at radius 1 is 1.27 bits per heavy atom. The highest BCUT2D eigenvalue weighted by molar-refractivity contribution is 5.88. The third kappa shape index (κ3) is 6.96. The normalized spacial score (nSPS) is 25.5. The molecule has 8 nitrogen and oxygen atoms in total. The highest BCUT2D eigenvalue weighted by atomic mass is 16.4. The number of carbonyl (C=O) groups excluding carboxylic acids is 3. The van der Waals surface area contributed by atoms with Crippen LogP contribution >= 0.6 is 0 Å². The van der Waals surface area contributed by atoms with Crippen molar-refractivity contribution in [1.29, 1.82) is 0 Å². The van der Waals surface area contributed by atoms with Crippen LogP contribution in [0.5, 0.6) is 0 Å². The summed E-state index contributed by atoms with van der Waals surface area (Å²) >= 11 is 0. The first-order valence-electron chi connectivity index (χ1n) is 8.86. The second-order valence-corrected chi connectivity index (χ2v) is 8.25. The number of Topliss-reactive ketones (excluding diaryl/α,β-unsaturated/α-hetero) is 1. The molecule has 0 aliphatic heterocycles. The van der Waals surface area contributed by atoms with E-state index in [9.17, 15) is 19.2 Å². The number of urea groups is 1. The number of rotatable bonds is 8. The lowest BCUT2D eigenvalue weighted by molar-refractivity contribution is -0.140. The van der Waals surface area contributed by atoms with Crippen molar-refractivity contribution in [1.82, 2.24) is 10.6 Å². The number of hydrogen-bond acceptors (Lipinski definition) is 5. The number of aliphatic carboxylic acids is 1. The van der Waals surface area contributed by atoms with E-state index >= 15 is 0 Å². The van der Waals surface area contributed by atoms with Crippen LogP contribution in [-0.2, 0) is 14.4 Å². The maximum Gasteiger partial charge on any atom is 0.326 e. The minimum atomic E-state index is -1.24. The number of carboxylic acids is 1. The predicted octanol–water partition coefficient (Wildman–Crippen LogP) is 2.03. The molecule has 0 saturated heterocycles. The topological polar surface area (TPSA) is 125 Å². The fourth-order valence-electron chi connectivity index (χ4n) is 3.95. The van der Waals surface area contributed by atoms with E-state index in [1.807, 2.05) is 6.92 Å². The summed E-state index contributed by atoms with van der Waals surface area (Å²) in [6.45, 7) is 8.16. The Kier molecular flexibility index (Phi) is 7.51. The van der Waals surface area contributed by atoms with Crippen LogP contribution in [0, 0.1) is 10.8 Å². The van der Waals surface area contributed by atoms with Gasteiger partial charge in [0.2, 0.25) is 6.08 Å². The summed E-state index contributed by atoms with van der Waals surface area (Å²) in [5.74, 6) is -1.47. The summed E-state index contributed by atoms with van der Waals surface area (Å²) in [6, 6.07) is -2.01. The van der Waals surface area contributed by atoms with Gasteiger partial charge in [-0.3, -0.25) is 4.79 Å². The van der Waals surface area contributed by atoms with Gasteiger partial charge in [-0.1, -0.05) is 27.7 Å². The first kappa shape index (κ1) is 21.8. The monoisotopic (exact) mass is 367 g/mol. The summed E-state index contributed by atoms with van der Waals surface area (Å²) in [6.07, 6.45) is 3.86. The molecule has 3 atom stereocenters. The van der Waals surface area contributed by atoms with Crippen LogP contribution in [0.15, 0.2) is 4.99 Å². The average molecular weight is 367 g/mol. The Labute approximate surface area is 153 Å². The van der Waals surface area contributed by atoms with Crippen LogP contribution in [0.1, 0.15) is 59.8 Å². The zero-order valence-corrected chi connectivity index (χ0v) is 15.9. The van der Waals surface area contributed by atoms with Crippen molar-refractivity contribution < 1.29 is 24.3 Å². The lowest BCUT2D eigenvalue weighted by atomic mass is 9.63. The molecule has 3 N–H and O–H groups in total. The molecule has 0 aromatic carbocycles. The number of amides is 2. The molecule has 26 heavy (non-hydrogen) atoms. The third-order valence-corrected chi connectivity index (χ3v) is 4.76. The number of hydrogen-bond donors (Lipinski definition) is 3. The molecular weight excluding hydrogens is 338 g/mol. The number of nitrogens with one attached hydrogen (secondary N) is 2. The number of nitrogens with zero attached hydrogens (tertiary/aromatic N) is 1. The minimum absolute atomic E-state index is 0.0344. The molecule has 1 fully saturated rings. The fourth-order valence-corrected chi connectivity index (χ4v) is 3.95. The van der Waals surface area contributed by atoms with Crippen molar-refractivity contribution >= 4 is 23.9 Å². The second kappa shape index (κ2) is 8.94. The van der Waals surface area contributed by atoms with E-state index in [1.165, 1.54) is 0 Å². The molecule has 3 unspecified atom stereocenters. The molecule has 1 saturated carbocycles. The molecule has 0 aromatic heterocycles. The predicted molar refractivity (Wildman–Crippen MR) is 95.5 cm³/mol. The number of carboxylic acid groups (broad SMARTS) is 1. The number of isocyanates is 1. The van der Waals surface area contributed by atoms with Gasteiger partial charge in [-0.2, -0.15) is 0 Å². The number of carbonyl (C=O) groups is 3. The van der Waals surface area contributed by atoms with E-state index < -0.39 is 18.0 Å². The van der Waals surface area contributed by atoms with Gasteiger partial charge in [0, 0.05) is 19.4 Å². The van der Waals surface area contributed by atoms with Crippen molar-refractivity contribution in [3.8, 4) is 0 Å². The summed E-state index contributed by atoms with van der Waals surface area (Å²) in [4.78, 5) is 49.2. The Morgan fingerprint density at radius 2 is 1.92 bits per heavy atom. The molecule has 0 bridgehead atoms. The van der Waals surface area contributed by atoms with Gasteiger partial charge in [-0.15, -0.1) is 0 Å². The molecular formula is C18H29N3O5. The van der Waals surface area contributed by atoms with Gasteiger partial charge < -0.3 is 15.7 Å². The Morgan fingerprint density at radius 3 is 2.46 bits per heavy atom. The lowest BCUT2D eigenvalue weighted by Crippen LogP contribution is -2.51. The van der Waals surface area contributed by atoms with Gasteiger partial charge in [-0.25, -0.2) is 19.4 Å². The second-order valence-electron chi connectivity index (χ2n) is 8.25. The van der Waals surface area contributed by atoms with E-state index in [2.05, 4.69) is 29.5 Å². The van der Waals surface area contributed by atoms with E-state index in [1.54, 1.807) is 13.0 Å². The molecule has 0 aromatic rings. The molecule has 0 spiro atoms. The van der Waals surface area contributed by atoms with Gasteiger partial charge in [-0.05, 0) is 30.1 Å². The molecule has 2 amide bonds. The van der Waals surface area contributed by atoms with Gasteiger partial charge >= 0.3 is 12.0 Å². The molecule has 1 aliphatic rings. The maximum atomic E-state index is 12.1. The zero-order chi connectivity index (χ0) is 20.0. The lowest BCUT2D eigenvalue weighted by Gasteiger charge is -2.45.